The minimum atomic E-state index is -0.761. The summed E-state index contributed by atoms with van der Waals surface area (Å²) in [5, 5.41) is 0. The van der Waals surface area contributed by atoms with Gasteiger partial charge >= 0.3 is 17.9 Å². The third-order valence-corrected chi connectivity index (χ3v) is 11.2. The van der Waals surface area contributed by atoms with Crippen molar-refractivity contribution in [3.05, 3.63) is 0 Å². The first kappa shape index (κ1) is 51.4. The second kappa shape index (κ2) is 40.1. The highest BCUT2D eigenvalue weighted by molar-refractivity contribution is 5.71. The smallest absolute Gasteiger partial charge is 0.306 e. The van der Waals surface area contributed by atoms with Crippen LogP contribution in [0.5, 0.6) is 0 Å². The van der Waals surface area contributed by atoms with Gasteiger partial charge in [0.05, 0.1) is 0 Å². The summed E-state index contributed by atoms with van der Waals surface area (Å²) >= 11 is 0. The van der Waals surface area contributed by atoms with E-state index < -0.39 is 6.10 Å². The molecule has 0 fully saturated rings. The Morgan fingerprint density at radius 1 is 0.377 bits per heavy atom. The van der Waals surface area contributed by atoms with E-state index in [1.54, 1.807) is 0 Å². The zero-order valence-electron chi connectivity index (χ0n) is 36.1. The molecule has 53 heavy (non-hydrogen) atoms. The van der Waals surface area contributed by atoms with Crippen LogP contribution in [0, 0.1) is 11.8 Å². The first-order valence-electron chi connectivity index (χ1n) is 23.3. The number of carbonyl (C=O) groups excluding carboxylic acids is 3. The van der Waals surface area contributed by atoms with Gasteiger partial charge in [0.25, 0.3) is 0 Å². The lowest BCUT2D eigenvalue weighted by atomic mass is 9.99. The summed E-state index contributed by atoms with van der Waals surface area (Å²) in [6.45, 7) is 11.3. The maximum atomic E-state index is 12.7. The molecule has 0 saturated heterocycles. The summed E-state index contributed by atoms with van der Waals surface area (Å²) in [6.07, 6.45) is 37.9. The highest BCUT2D eigenvalue weighted by atomic mass is 16.6. The van der Waals surface area contributed by atoms with Gasteiger partial charge in [-0.25, -0.2) is 0 Å². The molecule has 0 amide bonds. The van der Waals surface area contributed by atoms with Crippen LogP contribution in [-0.4, -0.2) is 37.2 Å². The fraction of sp³-hybridized carbons (Fsp3) is 0.936. The predicted molar refractivity (Wildman–Crippen MR) is 224 cm³/mol. The SMILES string of the molecule is CCCCCCCCCCCCCCCC(=O)OC[C@@H](COC(=O)CCCCCCCCC(C)CC)OC(=O)CCCCCCCCCCC(C)CC. The Balaban J connectivity index is 4.35. The highest BCUT2D eigenvalue weighted by Gasteiger charge is 2.19. The average Bonchev–Trinajstić information content (AvgIpc) is 3.15. The summed E-state index contributed by atoms with van der Waals surface area (Å²) in [4.78, 5) is 37.7. The number of hydrogen-bond acceptors (Lipinski definition) is 6. The van der Waals surface area contributed by atoms with Crippen molar-refractivity contribution in [2.24, 2.45) is 11.8 Å². The fourth-order valence-corrected chi connectivity index (χ4v) is 6.86. The van der Waals surface area contributed by atoms with Crippen LogP contribution in [0.2, 0.25) is 0 Å². The van der Waals surface area contributed by atoms with Gasteiger partial charge in [-0.1, -0.05) is 214 Å². The Morgan fingerprint density at radius 3 is 0.981 bits per heavy atom. The van der Waals surface area contributed by atoms with Crippen LogP contribution >= 0.6 is 0 Å². The summed E-state index contributed by atoms with van der Waals surface area (Å²) in [7, 11) is 0. The second-order valence-electron chi connectivity index (χ2n) is 16.5. The van der Waals surface area contributed by atoms with Gasteiger partial charge < -0.3 is 14.2 Å². The number of rotatable bonds is 41. The maximum absolute atomic E-state index is 12.7. The van der Waals surface area contributed by atoms with Crippen molar-refractivity contribution in [1.82, 2.24) is 0 Å². The Hall–Kier alpha value is -1.59. The summed E-state index contributed by atoms with van der Waals surface area (Å²) in [5.41, 5.74) is 0. The average molecular weight is 751 g/mol. The van der Waals surface area contributed by atoms with E-state index in [0.717, 1.165) is 69.6 Å². The fourth-order valence-electron chi connectivity index (χ4n) is 6.86. The van der Waals surface area contributed by atoms with Crippen LogP contribution in [0.25, 0.3) is 0 Å². The molecule has 2 unspecified atom stereocenters. The predicted octanol–water partition coefficient (Wildman–Crippen LogP) is 14.6. The first-order chi connectivity index (χ1) is 25.8. The Bertz CT molecular complexity index is 813. The lowest BCUT2D eigenvalue weighted by molar-refractivity contribution is -0.167. The van der Waals surface area contributed by atoms with Crippen LogP contribution < -0.4 is 0 Å². The number of ether oxygens (including phenoxy) is 3. The molecule has 0 aromatic carbocycles. The van der Waals surface area contributed by atoms with Gasteiger partial charge in [-0.3, -0.25) is 14.4 Å². The Morgan fingerprint density at radius 2 is 0.660 bits per heavy atom. The van der Waals surface area contributed by atoms with Crippen molar-refractivity contribution in [2.45, 2.75) is 259 Å². The molecule has 0 aliphatic heterocycles. The van der Waals surface area contributed by atoms with Crippen molar-refractivity contribution in [2.75, 3.05) is 13.2 Å². The number of carbonyl (C=O) groups is 3. The van der Waals surface area contributed by atoms with Gasteiger partial charge in [-0.05, 0) is 31.1 Å². The van der Waals surface area contributed by atoms with E-state index in [0.29, 0.717) is 19.3 Å². The van der Waals surface area contributed by atoms with E-state index in [9.17, 15) is 14.4 Å². The molecule has 6 nitrogen and oxygen atoms in total. The Kier molecular flexibility index (Phi) is 38.9. The van der Waals surface area contributed by atoms with Gasteiger partial charge in [-0.2, -0.15) is 0 Å². The summed E-state index contributed by atoms with van der Waals surface area (Å²) in [5.74, 6) is 0.799. The minimum Gasteiger partial charge on any atom is -0.462 e. The lowest BCUT2D eigenvalue weighted by Crippen LogP contribution is -2.30. The van der Waals surface area contributed by atoms with Gasteiger partial charge in [0.1, 0.15) is 13.2 Å². The van der Waals surface area contributed by atoms with E-state index in [1.807, 2.05) is 0 Å². The van der Waals surface area contributed by atoms with Crippen LogP contribution in [0.15, 0.2) is 0 Å². The van der Waals surface area contributed by atoms with Gasteiger partial charge in [0, 0.05) is 19.3 Å². The molecule has 6 heteroatoms. The molecule has 0 spiro atoms. The molecule has 0 radical (unpaired) electrons. The monoisotopic (exact) mass is 751 g/mol. The molecule has 0 bridgehead atoms. The van der Waals surface area contributed by atoms with Crippen LogP contribution in [0.1, 0.15) is 253 Å². The molecular weight excluding hydrogens is 661 g/mol. The molecule has 314 valence electrons. The zero-order valence-corrected chi connectivity index (χ0v) is 36.1. The van der Waals surface area contributed by atoms with E-state index in [1.165, 1.54) is 141 Å². The first-order valence-corrected chi connectivity index (χ1v) is 23.3. The van der Waals surface area contributed by atoms with Crippen molar-refractivity contribution >= 4 is 17.9 Å². The van der Waals surface area contributed by atoms with Crippen molar-refractivity contribution in [1.29, 1.82) is 0 Å². The van der Waals surface area contributed by atoms with E-state index >= 15 is 0 Å². The quantitative estimate of drug-likeness (QED) is 0.0352. The lowest BCUT2D eigenvalue weighted by Gasteiger charge is -2.18. The Labute approximate surface area is 329 Å². The molecule has 0 rings (SSSR count). The topological polar surface area (TPSA) is 78.9 Å². The number of hydrogen-bond donors (Lipinski definition) is 0. The van der Waals surface area contributed by atoms with E-state index in [2.05, 4.69) is 34.6 Å². The molecule has 3 atom stereocenters. The zero-order chi connectivity index (χ0) is 39.0. The molecule has 0 aliphatic rings. The van der Waals surface area contributed by atoms with E-state index in [4.69, 9.17) is 14.2 Å². The van der Waals surface area contributed by atoms with Gasteiger partial charge in [0.15, 0.2) is 6.10 Å². The minimum absolute atomic E-state index is 0.0655. The largest absolute Gasteiger partial charge is 0.462 e. The van der Waals surface area contributed by atoms with E-state index in [-0.39, 0.29) is 31.1 Å². The standard InChI is InChI=1S/C47H90O6/c1-6-9-10-11-12-13-14-15-16-17-21-27-32-37-45(48)51-40-44(41-52-46(49)38-33-28-24-23-26-31-36-43(5)8-3)53-47(50)39-34-29-22-19-18-20-25-30-35-42(4)7-2/h42-44H,6-41H2,1-5H3/t42?,43?,44-/m0/s1. The molecule has 0 N–H and O–H groups in total. The summed E-state index contributed by atoms with van der Waals surface area (Å²) in [6, 6.07) is 0. The number of unbranched alkanes of at least 4 members (excludes halogenated alkanes) is 24. The van der Waals surface area contributed by atoms with Gasteiger partial charge in [0.2, 0.25) is 0 Å². The second-order valence-corrected chi connectivity index (χ2v) is 16.5. The van der Waals surface area contributed by atoms with Gasteiger partial charge in [-0.15, -0.1) is 0 Å². The molecular formula is C47H90O6. The van der Waals surface area contributed by atoms with Crippen LogP contribution in [0.4, 0.5) is 0 Å². The third kappa shape index (κ3) is 38.5. The summed E-state index contributed by atoms with van der Waals surface area (Å²) < 4.78 is 16.7. The third-order valence-electron chi connectivity index (χ3n) is 11.2. The molecule has 0 aromatic rings. The highest BCUT2D eigenvalue weighted by Crippen LogP contribution is 2.17. The van der Waals surface area contributed by atoms with Crippen molar-refractivity contribution in [3.8, 4) is 0 Å². The van der Waals surface area contributed by atoms with Crippen LogP contribution in [-0.2, 0) is 28.6 Å². The van der Waals surface area contributed by atoms with Crippen molar-refractivity contribution < 1.29 is 28.6 Å². The molecule has 0 aliphatic carbocycles. The molecule has 0 aromatic heterocycles. The normalized spacial score (nSPS) is 13.1. The maximum Gasteiger partial charge on any atom is 0.306 e. The molecule has 0 heterocycles. The van der Waals surface area contributed by atoms with Crippen molar-refractivity contribution in [3.63, 3.8) is 0 Å². The van der Waals surface area contributed by atoms with Crippen LogP contribution in [0.3, 0.4) is 0 Å². The number of esters is 3. The molecule has 0 saturated carbocycles.